The molecular weight excluding hydrogens is 516 g/mol. The van der Waals surface area contributed by atoms with Crippen molar-refractivity contribution < 1.29 is 19.1 Å². The maximum Gasteiger partial charge on any atom is 0.410 e. The fourth-order valence-corrected chi connectivity index (χ4v) is 6.13. The van der Waals surface area contributed by atoms with Crippen LogP contribution in [0.3, 0.4) is 0 Å². The minimum atomic E-state index is -0.539. The van der Waals surface area contributed by atoms with Gasteiger partial charge in [0.15, 0.2) is 0 Å². The van der Waals surface area contributed by atoms with Gasteiger partial charge in [-0.25, -0.2) is 4.79 Å². The average Bonchev–Trinajstić information content (AvgIpc) is 3.47. The van der Waals surface area contributed by atoms with E-state index < -0.39 is 6.04 Å². The molecule has 0 aromatic heterocycles. The summed E-state index contributed by atoms with van der Waals surface area (Å²) in [5, 5.41) is 5.91. The van der Waals surface area contributed by atoms with E-state index in [-0.39, 0.29) is 37.1 Å². The van der Waals surface area contributed by atoms with Gasteiger partial charge in [-0.05, 0) is 49.8 Å². The monoisotopic (exact) mass is 562 g/mol. The highest BCUT2D eigenvalue weighted by Crippen LogP contribution is 2.29. The second-order valence-corrected chi connectivity index (χ2v) is 11.4. The highest BCUT2D eigenvalue weighted by Gasteiger charge is 2.36. The second-order valence-electron chi connectivity index (χ2n) is 11.4. The molecule has 2 aromatic rings. The highest BCUT2D eigenvalue weighted by atomic mass is 16.6. The van der Waals surface area contributed by atoms with Gasteiger partial charge >= 0.3 is 6.09 Å². The number of hydrogen-bond acceptors (Lipinski definition) is 5. The van der Waals surface area contributed by atoms with Crippen LogP contribution in [0.5, 0.6) is 0 Å². The Morgan fingerprint density at radius 2 is 1.61 bits per heavy atom. The first-order valence-electron chi connectivity index (χ1n) is 15.3. The van der Waals surface area contributed by atoms with Gasteiger partial charge in [-0.3, -0.25) is 9.59 Å². The first kappa shape index (κ1) is 30.6. The third-order valence-electron chi connectivity index (χ3n) is 8.33. The molecule has 2 aromatic carbocycles. The lowest BCUT2D eigenvalue weighted by atomic mass is 9.84. The SMILES string of the molecule is CNCC(=O)N[C@@H](CC1CCCCC1)C(=O)N1CCC[C@H]1CN(CCc1ccccc1)C(=O)OCc1ccccc1. The molecule has 0 spiro atoms. The predicted octanol–water partition coefficient (Wildman–Crippen LogP) is 4.53. The second kappa shape index (κ2) is 16.2. The molecule has 4 rings (SSSR count). The van der Waals surface area contributed by atoms with Crippen molar-refractivity contribution >= 4 is 17.9 Å². The van der Waals surface area contributed by atoms with Crippen LogP contribution in [0.4, 0.5) is 4.79 Å². The van der Waals surface area contributed by atoms with Crippen LogP contribution >= 0.6 is 0 Å². The summed E-state index contributed by atoms with van der Waals surface area (Å²) in [5.41, 5.74) is 2.08. The maximum absolute atomic E-state index is 14.0. The molecular formula is C33H46N4O4. The van der Waals surface area contributed by atoms with E-state index in [1.54, 1.807) is 11.9 Å². The minimum Gasteiger partial charge on any atom is -0.445 e. The topological polar surface area (TPSA) is 91.0 Å². The Kier molecular flexibility index (Phi) is 12.0. The molecule has 0 bridgehead atoms. The van der Waals surface area contributed by atoms with Gasteiger partial charge in [0.25, 0.3) is 0 Å². The van der Waals surface area contributed by atoms with E-state index in [2.05, 4.69) is 22.8 Å². The number of likely N-dealkylation sites (N-methyl/N-ethyl adjacent to an activating group) is 1. The number of rotatable bonds is 13. The number of likely N-dealkylation sites (tertiary alicyclic amines) is 1. The van der Waals surface area contributed by atoms with Crippen molar-refractivity contribution in [2.45, 2.75) is 76.5 Å². The number of ether oxygens (including phenoxy) is 1. The number of benzene rings is 2. The number of hydrogen-bond donors (Lipinski definition) is 2. The normalized spacial score (nSPS) is 18.1. The van der Waals surface area contributed by atoms with Gasteiger partial charge in [-0.1, -0.05) is 92.8 Å². The Balaban J connectivity index is 1.45. The van der Waals surface area contributed by atoms with Gasteiger partial charge in [0.1, 0.15) is 12.6 Å². The molecule has 2 atom stereocenters. The molecule has 8 nitrogen and oxygen atoms in total. The summed E-state index contributed by atoms with van der Waals surface area (Å²) < 4.78 is 5.73. The van der Waals surface area contributed by atoms with Gasteiger partial charge in [-0.2, -0.15) is 0 Å². The Hall–Kier alpha value is -3.39. The van der Waals surface area contributed by atoms with Crippen LogP contribution in [-0.4, -0.2) is 73.0 Å². The minimum absolute atomic E-state index is 0.0248. The van der Waals surface area contributed by atoms with Gasteiger partial charge in [0, 0.05) is 25.7 Å². The molecule has 2 aliphatic rings. The highest BCUT2D eigenvalue weighted by molar-refractivity contribution is 5.88. The van der Waals surface area contributed by atoms with Crippen LogP contribution in [0.1, 0.15) is 62.5 Å². The first-order chi connectivity index (χ1) is 20.0. The van der Waals surface area contributed by atoms with Crippen LogP contribution in [0, 0.1) is 5.92 Å². The Morgan fingerprint density at radius 3 is 2.29 bits per heavy atom. The van der Waals surface area contributed by atoms with Crippen molar-refractivity contribution in [3.63, 3.8) is 0 Å². The first-order valence-corrected chi connectivity index (χ1v) is 15.3. The average molecular weight is 563 g/mol. The quantitative estimate of drug-likeness (QED) is 0.374. The van der Waals surface area contributed by atoms with E-state index in [1.807, 2.05) is 53.4 Å². The number of nitrogens with zero attached hydrogens (tertiary/aromatic N) is 2. The third kappa shape index (κ3) is 9.59. The number of nitrogens with one attached hydrogen (secondary N) is 2. The lowest BCUT2D eigenvalue weighted by molar-refractivity contribution is -0.137. The van der Waals surface area contributed by atoms with Gasteiger partial charge in [0.05, 0.1) is 6.54 Å². The fraction of sp³-hybridized carbons (Fsp3) is 0.545. The Labute approximate surface area is 244 Å². The van der Waals surface area contributed by atoms with E-state index in [4.69, 9.17) is 4.74 Å². The van der Waals surface area contributed by atoms with Crippen LogP contribution in [0.25, 0.3) is 0 Å². The molecule has 2 N–H and O–H groups in total. The predicted molar refractivity (Wildman–Crippen MR) is 160 cm³/mol. The summed E-state index contributed by atoms with van der Waals surface area (Å²) in [7, 11) is 1.73. The number of carbonyl (C=O) groups is 3. The fourth-order valence-electron chi connectivity index (χ4n) is 6.13. The molecule has 8 heteroatoms. The summed E-state index contributed by atoms with van der Waals surface area (Å²) in [4.78, 5) is 43.5. The zero-order valence-corrected chi connectivity index (χ0v) is 24.4. The third-order valence-corrected chi connectivity index (χ3v) is 8.33. The van der Waals surface area contributed by atoms with E-state index in [0.29, 0.717) is 38.4 Å². The van der Waals surface area contributed by atoms with Crippen LogP contribution in [0.2, 0.25) is 0 Å². The smallest absolute Gasteiger partial charge is 0.410 e. The number of carbonyl (C=O) groups excluding carboxylic acids is 3. The summed E-state index contributed by atoms with van der Waals surface area (Å²) in [6.45, 7) is 1.93. The molecule has 222 valence electrons. The molecule has 3 amide bonds. The largest absolute Gasteiger partial charge is 0.445 e. The van der Waals surface area contributed by atoms with Crippen molar-refractivity contribution in [1.82, 2.24) is 20.4 Å². The summed E-state index contributed by atoms with van der Waals surface area (Å²) in [6.07, 6.45) is 8.53. The lowest BCUT2D eigenvalue weighted by Crippen LogP contribution is -2.54. The van der Waals surface area contributed by atoms with E-state index >= 15 is 0 Å². The summed E-state index contributed by atoms with van der Waals surface area (Å²) in [5.74, 6) is 0.263. The van der Waals surface area contributed by atoms with Gasteiger partial charge < -0.3 is 25.2 Å². The van der Waals surface area contributed by atoms with Crippen LogP contribution in [-0.2, 0) is 27.4 Å². The van der Waals surface area contributed by atoms with Crippen molar-refractivity contribution in [2.24, 2.45) is 5.92 Å². The molecule has 0 radical (unpaired) electrons. The number of amides is 3. The lowest BCUT2D eigenvalue weighted by Gasteiger charge is -2.34. The van der Waals surface area contributed by atoms with Gasteiger partial charge in [0.2, 0.25) is 11.8 Å². The van der Waals surface area contributed by atoms with Gasteiger partial charge in [-0.15, -0.1) is 0 Å². The molecule has 2 fully saturated rings. The van der Waals surface area contributed by atoms with E-state index in [0.717, 1.165) is 36.8 Å². The zero-order valence-electron chi connectivity index (χ0n) is 24.4. The van der Waals surface area contributed by atoms with Crippen LogP contribution < -0.4 is 10.6 Å². The summed E-state index contributed by atoms with van der Waals surface area (Å²) >= 11 is 0. The molecule has 41 heavy (non-hydrogen) atoms. The molecule has 1 aliphatic heterocycles. The molecule has 1 saturated carbocycles. The molecule has 1 aliphatic carbocycles. The molecule has 1 saturated heterocycles. The van der Waals surface area contributed by atoms with Crippen LogP contribution in [0.15, 0.2) is 60.7 Å². The molecule has 0 unspecified atom stereocenters. The zero-order chi connectivity index (χ0) is 28.9. The summed E-state index contributed by atoms with van der Waals surface area (Å²) in [6, 6.07) is 19.1. The van der Waals surface area contributed by atoms with Crippen molar-refractivity contribution in [2.75, 3.05) is 33.2 Å². The Morgan fingerprint density at radius 1 is 0.927 bits per heavy atom. The van der Waals surface area contributed by atoms with E-state index in [9.17, 15) is 14.4 Å². The molecule has 1 heterocycles. The standard InChI is InChI=1S/C33H46N4O4/c1-34-23-31(38)35-30(22-27-14-7-3-8-15-27)32(39)37-20-11-18-29(37)24-36(21-19-26-12-5-2-6-13-26)33(40)41-25-28-16-9-4-10-17-28/h2,4-6,9-10,12-13,16-17,27,29-30,34H,3,7-8,11,14-15,18-25H2,1H3,(H,35,38)/t29-,30-/m0/s1. The van der Waals surface area contributed by atoms with E-state index in [1.165, 1.54) is 19.3 Å². The van der Waals surface area contributed by atoms with Crippen molar-refractivity contribution in [1.29, 1.82) is 0 Å². The van der Waals surface area contributed by atoms with Crippen molar-refractivity contribution in [3.05, 3.63) is 71.8 Å². The van der Waals surface area contributed by atoms with Crippen molar-refractivity contribution in [3.8, 4) is 0 Å². The maximum atomic E-state index is 14.0. The Bertz CT molecular complexity index is 1090.